The third-order valence-corrected chi connectivity index (χ3v) is 19.2. The zero-order valence-corrected chi connectivity index (χ0v) is 63.9. The molecule has 3 N–H and O–H groups in total. The molecule has 0 amide bonds. The Bertz CT molecular complexity index is 1950. The molecule has 19 heteroatoms. The average Bonchev–Trinajstić information content (AvgIpc) is 2.38. The summed E-state index contributed by atoms with van der Waals surface area (Å²) in [5, 5.41) is 10.6. The van der Waals surface area contributed by atoms with Crippen LogP contribution in [-0.2, 0) is 65.4 Å². The highest BCUT2D eigenvalue weighted by Gasteiger charge is 2.30. The van der Waals surface area contributed by atoms with Crippen molar-refractivity contribution in [2.45, 2.75) is 394 Å². The number of unbranched alkanes of at least 4 members (excludes halogenated alkanes) is 41. The normalized spacial score (nSPS) is 14.2. The molecule has 0 aliphatic carbocycles. The molecule has 17 nitrogen and oxygen atoms in total. The summed E-state index contributed by atoms with van der Waals surface area (Å²) in [7, 11) is -9.93. The van der Waals surface area contributed by atoms with E-state index >= 15 is 0 Å². The Morgan fingerprint density at radius 1 is 0.323 bits per heavy atom. The first kappa shape index (κ1) is 93.5. The van der Waals surface area contributed by atoms with Crippen molar-refractivity contribution in [1.29, 1.82) is 0 Å². The predicted octanol–water partition coefficient (Wildman–Crippen LogP) is 22.3. The fourth-order valence-electron chi connectivity index (χ4n) is 11.3. The summed E-state index contributed by atoms with van der Waals surface area (Å²) >= 11 is 0. The Balaban J connectivity index is 5.31. The molecule has 0 aromatic rings. The van der Waals surface area contributed by atoms with Crippen molar-refractivity contribution in [1.82, 2.24) is 0 Å². The number of aliphatic hydroxyl groups is 1. The lowest BCUT2D eigenvalue weighted by atomic mass is 10.0. The Labute approximate surface area is 586 Å². The third kappa shape index (κ3) is 70.0. The second-order valence-electron chi connectivity index (χ2n) is 28.0. The molecular formula is C77H146O17P2. The number of phosphoric ester groups is 2. The number of rotatable bonds is 74. The summed E-state index contributed by atoms with van der Waals surface area (Å²) < 4.78 is 68.5. The van der Waals surface area contributed by atoms with Gasteiger partial charge in [-0.15, -0.1) is 0 Å². The van der Waals surface area contributed by atoms with Crippen LogP contribution in [0.5, 0.6) is 0 Å². The maximum absolute atomic E-state index is 13.1. The number of carbonyl (C=O) groups excluding carboxylic acids is 4. The first-order valence-electron chi connectivity index (χ1n) is 39.3. The molecule has 0 aromatic carbocycles. The van der Waals surface area contributed by atoms with E-state index in [0.29, 0.717) is 25.7 Å². The van der Waals surface area contributed by atoms with E-state index < -0.39 is 97.5 Å². The van der Waals surface area contributed by atoms with E-state index in [-0.39, 0.29) is 25.7 Å². The summed E-state index contributed by atoms with van der Waals surface area (Å²) in [6.45, 7) is 9.54. The molecule has 0 radical (unpaired) electrons. The van der Waals surface area contributed by atoms with E-state index in [4.69, 9.17) is 37.0 Å². The summed E-state index contributed by atoms with van der Waals surface area (Å²) in [6, 6.07) is 0. The lowest BCUT2D eigenvalue weighted by Gasteiger charge is -2.21. The third-order valence-electron chi connectivity index (χ3n) is 17.3. The number of allylic oxidation sites excluding steroid dienone is 4. The van der Waals surface area contributed by atoms with Crippen LogP contribution in [-0.4, -0.2) is 96.7 Å². The lowest BCUT2D eigenvalue weighted by molar-refractivity contribution is -0.161. The van der Waals surface area contributed by atoms with Crippen LogP contribution in [0.4, 0.5) is 0 Å². The van der Waals surface area contributed by atoms with Crippen LogP contribution in [0.3, 0.4) is 0 Å². The molecule has 0 spiro atoms. The van der Waals surface area contributed by atoms with Crippen LogP contribution in [0.25, 0.3) is 0 Å². The van der Waals surface area contributed by atoms with E-state index in [1.807, 2.05) is 0 Å². The summed E-state index contributed by atoms with van der Waals surface area (Å²) in [5.74, 6) is -0.617. The van der Waals surface area contributed by atoms with Crippen LogP contribution >= 0.6 is 15.6 Å². The lowest BCUT2D eigenvalue weighted by Crippen LogP contribution is -2.30. The molecule has 5 atom stereocenters. The Kier molecular flexibility index (Phi) is 66.6. The van der Waals surface area contributed by atoms with Crippen molar-refractivity contribution in [2.24, 2.45) is 11.8 Å². The number of ether oxygens (including phenoxy) is 4. The number of hydrogen-bond acceptors (Lipinski definition) is 15. The van der Waals surface area contributed by atoms with Crippen molar-refractivity contribution in [3.8, 4) is 0 Å². The molecule has 0 fully saturated rings. The van der Waals surface area contributed by atoms with Gasteiger partial charge in [0.1, 0.15) is 19.3 Å². The van der Waals surface area contributed by atoms with Gasteiger partial charge in [-0.1, -0.05) is 323 Å². The molecule has 0 heterocycles. The smallest absolute Gasteiger partial charge is 0.462 e. The molecule has 96 heavy (non-hydrogen) atoms. The van der Waals surface area contributed by atoms with E-state index in [9.17, 15) is 43.2 Å². The molecular weight excluding hydrogens is 1260 g/mol. The maximum atomic E-state index is 13.1. The van der Waals surface area contributed by atoms with Crippen molar-refractivity contribution in [3.05, 3.63) is 24.3 Å². The van der Waals surface area contributed by atoms with Gasteiger partial charge in [-0.3, -0.25) is 37.3 Å². The van der Waals surface area contributed by atoms with E-state index in [2.05, 4.69) is 65.8 Å². The van der Waals surface area contributed by atoms with Gasteiger partial charge in [-0.25, -0.2) is 9.13 Å². The number of esters is 4. The zero-order valence-electron chi connectivity index (χ0n) is 62.2. The molecule has 0 aliphatic heterocycles. The van der Waals surface area contributed by atoms with Crippen LogP contribution < -0.4 is 0 Å². The fraction of sp³-hybridized carbons (Fsp3) is 0.896. The highest BCUT2D eigenvalue weighted by atomic mass is 31.2. The monoisotopic (exact) mass is 1410 g/mol. The number of carbonyl (C=O) groups is 4. The maximum Gasteiger partial charge on any atom is 0.472 e. The number of phosphoric acid groups is 2. The van der Waals surface area contributed by atoms with Gasteiger partial charge < -0.3 is 33.8 Å². The second-order valence-corrected chi connectivity index (χ2v) is 30.9. The molecule has 0 bridgehead atoms. The molecule has 2 unspecified atom stereocenters. The fourth-order valence-corrected chi connectivity index (χ4v) is 12.9. The Morgan fingerprint density at radius 3 is 0.854 bits per heavy atom. The van der Waals surface area contributed by atoms with E-state index in [1.165, 1.54) is 180 Å². The van der Waals surface area contributed by atoms with Crippen molar-refractivity contribution in [3.63, 3.8) is 0 Å². The standard InChI is InChI=1S/C77H146O17P2/c1-7-9-11-13-15-17-19-21-23-25-29-38-44-50-56-62-77(82)93-72(65-87-74(79)59-53-47-41-35-30-26-27-33-39-45-51-57-69(3)4)67-91-95(83,84)89-63-71(78)64-90-96(85,86)92-68-73(66-88-75(80)60-54-48-42-36-32-31-34-40-46-52-58-70(5)6)94-76(81)61-55-49-43-37-28-24-22-20-18-16-14-12-10-8-2/h17,19,21,23,69-73,78H,7-16,18,20,22,24-68H2,1-6H3,(H,83,84)(H,85,86)/b19-17-,23-21-/t71-,72-,73-/m1/s1. The molecule has 0 saturated heterocycles. The van der Waals surface area contributed by atoms with Crippen LogP contribution in [0.1, 0.15) is 375 Å². The highest BCUT2D eigenvalue weighted by Crippen LogP contribution is 2.45. The highest BCUT2D eigenvalue weighted by molar-refractivity contribution is 7.47. The largest absolute Gasteiger partial charge is 0.472 e. The summed E-state index contributed by atoms with van der Waals surface area (Å²) in [5.41, 5.74) is 0. The topological polar surface area (TPSA) is 237 Å². The Morgan fingerprint density at radius 2 is 0.562 bits per heavy atom. The van der Waals surface area contributed by atoms with Gasteiger partial charge >= 0.3 is 39.5 Å². The number of hydrogen-bond donors (Lipinski definition) is 3. The van der Waals surface area contributed by atoms with Gasteiger partial charge in [0.2, 0.25) is 0 Å². The molecule has 0 saturated carbocycles. The van der Waals surface area contributed by atoms with Gasteiger partial charge in [-0.05, 0) is 63.2 Å². The van der Waals surface area contributed by atoms with Gasteiger partial charge in [0.05, 0.1) is 26.4 Å². The van der Waals surface area contributed by atoms with Crippen LogP contribution in [0.15, 0.2) is 24.3 Å². The second kappa shape index (κ2) is 68.3. The molecule has 566 valence electrons. The van der Waals surface area contributed by atoms with Crippen molar-refractivity contribution >= 4 is 39.5 Å². The first-order chi connectivity index (χ1) is 46.4. The average molecular weight is 1410 g/mol. The van der Waals surface area contributed by atoms with E-state index in [1.54, 1.807) is 0 Å². The van der Waals surface area contributed by atoms with Gasteiger partial charge in [-0.2, -0.15) is 0 Å². The van der Waals surface area contributed by atoms with Crippen LogP contribution in [0.2, 0.25) is 0 Å². The minimum absolute atomic E-state index is 0.0850. The molecule has 0 rings (SSSR count). The predicted molar refractivity (Wildman–Crippen MR) is 391 cm³/mol. The SMILES string of the molecule is CCCCCC/C=C\C=C/CCCCCCCC(=O)O[C@H](COC(=O)CCCCCCCCCCCCCC(C)C)COP(=O)(O)OC[C@@H](O)COP(=O)(O)OC[C@@H](COC(=O)CCCCCCCCCCCCC(C)C)OC(=O)CCCCCCCCCCCCCCCC. The quantitative estimate of drug-likeness (QED) is 0.0169. The van der Waals surface area contributed by atoms with Crippen molar-refractivity contribution in [2.75, 3.05) is 39.6 Å². The summed E-state index contributed by atoms with van der Waals surface area (Å²) in [4.78, 5) is 72.9. The van der Waals surface area contributed by atoms with E-state index in [0.717, 1.165) is 115 Å². The number of aliphatic hydroxyl groups excluding tert-OH is 1. The zero-order chi connectivity index (χ0) is 70.7. The van der Waals surface area contributed by atoms with Crippen molar-refractivity contribution < 1.29 is 80.2 Å². The van der Waals surface area contributed by atoms with Crippen LogP contribution in [0, 0.1) is 11.8 Å². The molecule has 0 aromatic heterocycles. The minimum atomic E-state index is -4.97. The first-order valence-corrected chi connectivity index (χ1v) is 42.3. The van der Waals surface area contributed by atoms with Gasteiger partial charge in [0.25, 0.3) is 0 Å². The minimum Gasteiger partial charge on any atom is -0.462 e. The van der Waals surface area contributed by atoms with Gasteiger partial charge in [0, 0.05) is 25.7 Å². The summed E-state index contributed by atoms with van der Waals surface area (Å²) in [6.07, 6.45) is 58.9. The Hall–Kier alpha value is -2.46. The molecule has 0 aliphatic rings. The van der Waals surface area contributed by atoms with Gasteiger partial charge in [0.15, 0.2) is 12.2 Å².